The standard InChI is InChI=1S/C19H18F4N4O5/c1-11(32-16-5-3-2-4-13(16)20)18(29)26-25-17(28)8-9-24-14-7-6-12(19(21,22)23)10-15(14)27(30)31/h2-7,10-11,24H,8-9H2,1H3,(H,25,28)(H,26,29). The second-order valence-electron chi connectivity index (χ2n) is 6.39. The van der Waals surface area contributed by atoms with Crippen LogP contribution in [0.4, 0.5) is 28.9 Å². The number of nitro benzene ring substituents is 1. The molecule has 0 saturated heterocycles. The number of carbonyl (C=O) groups excluding carboxylic acids is 2. The van der Waals surface area contributed by atoms with Gasteiger partial charge in [-0.05, 0) is 31.2 Å². The molecule has 0 aliphatic heterocycles. The van der Waals surface area contributed by atoms with Gasteiger partial charge in [-0.15, -0.1) is 0 Å². The number of rotatable bonds is 8. The maximum absolute atomic E-state index is 13.5. The molecule has 2 aromatic carbocycles. The number of benzene rings is 2. The number of para-hydroxylation sites is 1. The number of carbonyl (C=O) groups is 2. The van der Waals surface area contributed by atoms with E-state index in [1.165, 1.54) is 25.1 Å². The molecule has 0 heterocycles. The Morgan fingerprint density at radius 3 is 2.47 bits per heavy atom. The van der Waals surface area contributed by atoms with E-state index in [9.17, 15) is 37.3 Å². The number of hydrazine groups is 1. The smallest absolute Gasteiger partial charge is 0.416 e. The van der Waals surface area contributed by atoms with Crippen LogP contribution in [0.5, 0.6) is 5.75 Å². The molecule has 0 aromatic heterocycles. The van der Waals surface area contributed by atoms with E-state index in [1.54, 1.807) is 0 Å². The van der Waals surface area contributed by atoms with Gasteiger partial charge in [-0.25, -0.2) is 4.39 Å². The van der Waals surface area contributed by atoms with E-state index >= 15 is 0 Å². The molecule has 0 aliphatic rings. The maximum Gasteiger partial charge on any atom is 0.416 e. The van der Waals surface area contributed by atoms with Crippen LogP contribution in [0.2, 0.25) is 0 Å². The van der Waals surface area contributed by atoms with E-state index in [0.717, 1.165) is 12.1 Å². The number of halogens is 4. The van der Waals surface area contributed by atoms with Crippen LogP contribution in [0.15, 0.2) is 42.5 Å². The van der Waals surface area contributed by atoms with Crippen LogP contribution in [0.3, 0.4) is 0 Å². The van der Waals surface area contributed by atoms with Crippen molar-refractivity contribution in [3.63, 3.8) is 0 Å². The van der Waals surface area contributed by atoms with Gasteiger partial charge in [-0.1, -0.05) is 12.1 Å². The highest BCUT2D eigenvalue weighted by molar-refractivity contribution is 5.84. The Labute approximate surface area is 178 Å². The van der Waals surface area contributed by atoms with Crippen molar-refractivity contribution in [3.05, 3.63) is 64.0 Å². The molecule has 0 fully saturated rings. The number of hydrogen-bond acceptors (Lipinski definition) is 6. The summed E-state index contributed by atoms with van der Waals surface area (Å²) in [4.78, 5) is 33.8. The molecule has 2 rings (SSSR count). The van der Waals surface area contributed by atoms with Crippen LogP contribution >= 0.6 is 0 Å². The van der Waals surface area contributed by atoms with Gasteiger partial charge in [0.2, 0.25) is 5.91 Å². The lowest BCUT2D eigenvalue weighted by Crippen LogP contribution is -2.47. The molecule has 3 N–H and O–H groups in total. The average molecular weight is 458 g/mol. The average Bonchev–Trinajstić information content (AvgIpc) is 2.72. The van der Waals surface area contributed by atoms with Crippen molar-refractivity contribution in [1.82, 2.24) is 10.9 Å². The lowest BCUT2D eigenvalue weighted by molar-refractivity contribution is -0.384. The molecule has 9 nitrogen and oxygen atoms in total. The summed E-state index contributed by atoms with van der Waals surface area (Å²) in [6.07, 6.45) is -6.16. The quantitative estimate of drug-likeness (QED) is 0.317. The molecular formula is C19H18F4N4O5. The Balaban J connectivity index is 1.83. The summed E-state index contributed by atoms with van der Waals surface area (Å²) in [5, 5.41) is 13.5. The molecule has 0 bridgehead atoms. The summed E-state index contributed by atoms with van der Waals surface area (Å²) < 4.78 is 56.8. The van der Waals surface area contributed by atoms with Gasteiger partial charge >= 0.3 is 6.18 Å². The van der Waals surface area contributed by atoms with Crippen LogP contribution in [0.1, 0.15) is 18.9 Å². The SMILES string of the molecule is CC(Oc1ccccc1F)C(=O)NNC(=O)CCNc1ccc(C(F)(F)F)cc1[N+](=O)[O-]. The largest absolute Gasteiger partial charge is 0.478 e. The summed E-state index contributed by atoms with van der Waals surface area (Å²) in [6, 6.07) is 7.38. The number of nitro groups is 1. The minimum Gasteiger partial charge on any atom is -0.478 e. The zero-order valence-corrected chi connectivity index (χ0v) is 16.5. The van der Waals surface area contributed by atoms with Crippen molar-refractivity contribution in [3.8, 4) is 5.75 Å². The molecular weight excluding hydrogens is 440 g/mol. The first-order chi connectivity index (χ1) is 15.0. The monoisotopic (exact) mass is 458 g/mol. The second kappa shape index (κ2) is 10.4. The van der Waals surface area contributed by atoms with Gasteiger partial charge in [0, 0.05) is 19.0 Å². The topological polar surface area (TPSA) is 123 Å². The molecule has 1 atom stereocenters. The number of amides is 2. The van der Waals surface area contributed by atoms with Crippen molar-refractivity contribution in [2.45, 2.75) is 25.6 Å². The van der Waals surface area contributed by atoms with Crippen molar-refractivity contribution in [2.24, 2.45) is 0 Å². The van der Waals surface area contributed by atoms with Crippen LogP contribution in [-0.4, -0.2) is 29.4 Å². The predicted octanol–water partition coefficient (Wildman–Crippen LogP) is 3.17. The van der Waals surface area contributed by atoms with Crippen LogP contribution in [0.25, 0.3) is 0 Å². The Bertz CT molecular complexity index is 1000. The Hall–Kier alpha value is -3.90. The molecule has 2 amide bonds. The summed E-state index contributed by atoms with van der Waals surface area (Å²) in [5.41, 5.74) is 1.98. The van der Waals surface area contributed by atoms with Crippen molar-refractivity contribution in [1.29, 1.82) is 0 Å². The van der Waals surface area contributed by atoms with Crippen LogP contribution < -0.4 is 20.9 Å². The number of hydrogen-bond donors (Lipinski definition) is 3. The van der Waals surface area contributed by atoms with Gasteiger partial charge in [-0.3, -0.25) is 30.6 Å². The highest BCUT2D eigenvalue weighted by Gasteiger charge is 2.33. The Morgan fingerprint density at radius 1 is 1.16 bits per heavy atom. The number of nitrogens with one attached hydrogen (secondary N) is 3. The van der Waals surface area contributed by atoms with Gasteiger partial charge in [0.15, 0.2) is 17.7 Å². The summed E-state index contributed by atoms with van der Waals surface area (Å²) in [7, 11) is 0. The highest BCUT2D eigenvalue weighted by atomic mass is 19.4. The van der Waals surface area contributed by atoms with Crippen molar-refractivity contribution in [2.75, 3.05) is 11.9 Å². The third-order valence-corrected chi connectivity index (χ3v) is 4.02. The second-order valence-corrected chi connectivity index (χ2v) is 6.39. The van der Waals surface area contributed by atoms with E-state index in [4.69, 9.17) is 4.74 Å². The lowest BCUT2D eigenvalue weighted by atomic mass is 10.1. The third kappa shape index (κ3) is 6.82. The maximum atomic E-state index is 13.5. The number of alkyl halides is 3. The molecule has 2 aromatic rings. The number of nitrogens with zero attached hydrogens (tertiary/aromatic N) is 1. The summed E-state index contributed by atoms with van der Waals surface area (Å²) >= 11 is 0. The number of anilines is 1. The lowest BCUT2D eigenvalue weighted by Gasteiger charge is -2.15. The fourth-order valence-corrected chi connectivity index (χ4v) is 2.40. The van der Waals surface area contributed by atoms with Crippen LogP contribution in [-0.2, 0) is 15.8 Å². The van der Waals surface area contributed by atoms with Crippen LogP contribution in [0, 0.1) is 15.9 Å². The van der Waals surface area contributed by atoms with Gasteiger partial charge < -0.3 is 10.1 Å². The Kier molecular flexibility index (Phi) is 7.93. The van der Waals surface area contributed by atoms with Gasteiger partial charge in [0.25, 0.3) is 11.6 Å². The first kappa shape index (κ1) is 24.4. The highest BCUT2D eigenvalue weighted by Crippen LogP contribution is 2.34. The number of ether oxygens (including phenoxy) is 1. The summed E-state index contributed by atoms with van der Waals surface area (Å²) in [6.45, 7) is 1.16. The van der Waals surface area contributed by atoms with E-state index in [1.807, 2.05) is 0 Å². The van der Waals surface area contributed by atoms with Gasteiger partial charge in [-0.2, -0.15) is 13.2 Å². The fourth-order valence-electron chi connectivity index (χ4n) is 2.40. The van der Waals surface area contributed by atoms with Gasteiger partial charge in [0.1, 0.15) is 5.69 Å². The normalized spacial score (nSPS) is 11.9. The molecule has 0 radical (unpaired) electrons. The molecule has 32 heavy (non-hydrogen) atoms. The minimum absolute atomic E-state index is 0.149. The predicted molar refractivity (Wildman–Crippen MR) is 104 cm³/mol. The van der Waals surface area contributed by atoms with Crippen molar-refractivity contribution >= 4 is 23.2 Å². The Morgan fingerprint density at radius 2 is 1.84 bits per heavy atom. The first-order valence-corrected chi connectivity index (χ1v) is 9.08. The van der Waals surface area contributed by atoms with E-state index in [-0.39, 0.29) is 24.4 Å². The fraction of sp³-hybridized carbons (Fsp3) is 0.263. The first-order valence-electron chi connectivity index (χ1n) is 9.08. The molecule has 0 saturated carbocycles. The van der Waals surface area contributed by atoms with Crippen molar-refractivity contribution < 1.29 is 36.8 Å². The van der Waals surface area contributed by atoms with Gasteiger partial charge in [0.05, 0.1) is 10.5 Å². The minimum atomic E-state index is -4.74. The third-order valence-electron chi connectivity index (χ3n) is 4.02. The molecule has 0 aliphatic carbocycles. The van der Waals surface area contributed by atoms with E-state index in [0.29, 0.717) is 12.1 Å². The zero-order chi connectivity index (χ0) is 23.9. The van der Waals surface area contributed by atoms with E-state index < -0.39 is 46.1 Å². The van der Waals surface area contributed by atoms with E-state index in [2.05, 4.69) is 16.2 Å². The summed E-state index contributed by atoms with van der Waals surface area (Å²) in [5.74, 6) is -2.28. The molecule has 1 unspecified atom stereocenters. The molecule has 172 valence electrons. The molecule has 0 spiro atoms. The molecule has 13 heteroatoms. The zero-order valence-electron chi connectivity index (χ0n) is 16.5.